The van der Waals surface area contributed by atoms with Crippen LogP contribution in [0.2, 0.25) is 0 Å². The van der Waals surface area contributed by atoms with Crippen molar-refractivity contribution in [3.63, 3.8) is 0 Å². The average molecular weight is 271 g/mol. The summed E-state index contributed by atoms with van der Waals surface area (Å²) in [6.45, 7) is 9.07. The molecule has 5 nitrogen and oxygen atoms in total. The minimum atomic E-state index is -0.473. The molecule has 0 rings (SSSR count). The quantitative estimate of drug-likeness (QED) is 0.585. The van der Waals surface area contributed by atoms with Gasteiger partial charge < -0.3 is 16.4 Å². The minimum Gasteiger partial charge on any atom is -0.355 e. The zero-order chi connectivity index (χ0) is 14.8. The Kier molecular flexibility index (Phi) is 9.21. The maximum atomic E-state index is 11.8. The first-order valence-corrected chi connectivity index (χ1v) is 7.19. The van der Waals surface area contributed by atoms with Crippen LogP contribution in [0.25, 0.3) is 0 Å². The van der Waals surface area contributed by atoms with Gasteiger partial charge in [-0.3, -0.25) is 9.59 Å². The largest absolute Gasteiger partial charge is 0.355 e. The highest BCUT2D eigenvalue weighted by Crippen LogP contribution is 2.20. The summed E-state index contributed by atoms with van der Waals surface area (Å²) in [5.74, 6) is 0.785. The van der Waals surface area contributed by atoms with Gasteiger partial charge >= 0.3 is 0 Å². The molecule has 0 aliphatic heterocycles. The molecule has 0 heterocycles. The Bertz CT molecular complexity index is 280. The number of nitrogens with one attached hydrogen (secondary N) is 2. The minimum absolute atomic E-state index is 0.0681. The number of rotatable bonds is 9. The van der Waals surface area contributed by atoms with Crippen molar-refractivity contribution >= 4 is 11.8 Å². The number of hydrogen-bond donors (Lipinski definition) is 3. The van der Waals surface area contributed by atoms with Crippen molar-refractivity contribution in [2.45, 2.75) is 53.0 Å². The van der Waals surface area contributed by atoms with Gasteiger partial charge in [0.05, 0.1) is 0 Å². The molecule has 0 aliphatic carbocycles. The van der Waals surface area contributed by atoms with Gasteiger partial charge in [-0.1, -0.05) is 13.8 Å². The Hall–Kier alpha value is -1.10. The van der Waals surface area contributed by atoms with Crippen LogP contribution in [0.4, 0.5) is 0 Å². The number of hydrogen-bond acceptors (Lipinski definition) is 3. The highest BCUT2D eigenvalue weighted by atomic mass is 16.2. The van der Waals surface area contributed by atoms with Gasteiger partial charge in [0, 0.05) is 13.0 Å². The van der Waals surface area contributed by atoms with Crippen molar-refractivity contribution in [2.75, 3.05) is 13.1 Å². The first-order valence-electron chi connectivity index (χ1n) is 7.19. The van der Waals surface area contributed by atoms with Gasteiger partial charge in [0.1, 0.15) is 6.04 Å². The van der Waals surface area contributed by atoms with Gasteiger partial charge in [-0.15, -0.1) is 0 Å². The van der Waals surface area contributed by atoms with Gasteiger partial charge in [0.15, 0.2) is 0 Å². The maximum Gasteiger partial charge on any atom is 0.242 e. The maximum absolute atomic E-state index is 11.8. The van der Waals surface area contributed by atoms with Crippen LogP contribution in [-0.4, -0.2) is 30.9 Å². The summed E-state index contributed by atoms with van der Waals surface area (Å²) in [6.07, 6.45) is 2.21. The lowest BCUT2D eigenvalue weighted by molar-refractivity contribution is -0.128. The lowest BCUT2D eigenvalue weighted by Crippen LogP contribution is -2.44. The molecule has 19 heavy (non-hydrogen) atoms. The summed E-state index contributed by atoms with van der Waals surface area (Å²) in [7, 11) is 0. The van der Waals surface area contributed by atoms with Crippen LogP contribution in [0.3, 0.4) is 0 Å². The molecule has 0 saturated heterocycles. The number of likely N-dealkylation sites (N-methyl/N-ethyl adjacent to an activating group) is 1. The first-order chi connectivity index (χ1) is 8.92. The number of carbonyl (C=O) groups excluding carboxylic acids is 2. The molecular formula is C14H29N3O2. The van der Waals surface area contributed by atoms with Crippen molar-refractivity contribution in [3.8, 4) is 0 Å². The summed E-state index contributed by atoms with van der Waals surface area (Å²) >= 11 is 0. The third-order valence-electron chi connectivity index (χ3n) is 3.34. The number of carbonyl (C=O) groups is 2. The van der Waals surface area contributed by atoms with E-state index in [2.05, 4.69) is 24.5 Å². The Morgan fingerprint density at radius 3 is 2.26 bits per heavy atom. The third kappa shape index (κ3) is 7.82. The van der Waals surface area contributed by atoms with E-state index in [4.69, 9.17) is 5.73 Å². The van der Waals surface area contributed by atoms with E-state index in [0.717, 1.165) is 12.8 Å². The van der Waals surface area contributed by atoms with Crippen molar-refractivity contribution in [3.05, 3.63) is 0 Å². The van der Waals surface area contributed by atoms with Crippen molar-refractivity contribution in [1.29, 1.82) is 0 Å². The molecule has 0 spiro atoms. The van der Waals surface area contributed by atoms with Gasteiger partial charge in [-0.2, -0.15) is 0 Å². The summed E-state index contributed by atoms with van der Waals surface area (Å²) < 4.78 is 0. The summed E-state index contributed by atoms with van der Waals surface area (Å²) in [4.78, 5) is 23.3. The highest BCUT2D eigenvalue weighted by Gasteiger charge is 2.17. The Morgan fingerprint density at radius 1 is 1.16 bits per heavy atom. The molecule has 2 unspecified atom stereocenters. The molecule has 0 fully saturated rings. The second-order valence-electron chi connectivity index (χ2n) is 5.30. The second-order valence-corrected chi connectivity index (χ2v) is 5.30. The Labute approximate surface area is 116 Å². The molecule has 2 atom stereocenters. The van der Waals surface area contributed by atoms with E-state index in [0.29, 0.717) is 31.3 Å². The van der Waals surface area contributed by atoms with E-state index in [1.807, 2.05) is 6.92 Å². The summed E-state index contributed by atoms with van der Waals surface area (Å²) in [5.41, 5.74) is 5.57. The van der Waals surface area contributed by atoms with Gasteiger partial charge in [0.25, 0.3) is 0 Å². The molecule has 5 heteroatoms. The Morgan fingerprint density at radius 2 is 1.79 bits per heavy atom. The van der Waals surface area contributed by atoms with Crippen molar-refractivity contribution in [2.24, 2.45) is 17.6 Å². The highest BCUT2D eigenvalue weighted by molar-refractivity contribution is 5.87. The van der Waals surface area contributed by atoms with E-state index >= 15 is 0 Å². The summed E-state index contributed by atoms with van der Waals surface area (Å²) in [5, 5.41) is 5.40. The third-order valence-corrected chi connectivity index (χ3v) is 3.34. The number of amides is 2. The molecule has 0 aromatic rings. The fourth-order valence-electron chi connectivity index (χ4n) is 2.05. The zero-order valence-corrected chi connectivity index (χ0v) is 12.7. The molecule has 0 aromatic carbocycles. The van der Waals surface area contributed by atoms with Gasteiger partial charge in [-0.25, -0.2) is 0 Å². The van der Waals surface area contributed by atoms with Crippen molar-refractivity contribution in [1.82, 2.24) is 10.6 Å². The monoisotopic (exact) mass is 271 g/mol. The van der Waals surface area contributed by atoms with Crippen LogP contribution in [0.15, 0.2) is 0 Å². The molecular weight excluding hydrogens is 242 g/mol. The van der Waals surface area contributed by atoms with E-state index in [1.54, 1.807) is 6.92 Å². The van der Waals surface area contributed by atoms with Crippen LogP contribution < -0.4 is 16.4 Å². The molecule has 2 amide bonds. The van der Waals surface area contributed by atoms with E-state index < -0.39 is 6.04 Å². The molecule has 0 aliphatic rings. The average Bonchev–Trinajstić information content (AvgIpc) is 2.34. The molecule has 4 N–H and O–H groups in total. The van der Waals surface area contributed by atoms with Crippen LogP contribution in [0, 0.1) is 11.8 Å². The SMILES string of the molecule is CCNC(=O)C(C)NC(=O)CCC(CCN)C(C)C. The molecule has 0 saturated carbocycles. The predicted octanol–water partition coefficient (Wildman–Crippen LogP) is 1.03. The standard InChI is InChI=1S/C14H29N3O2/c1-5-16-14(19)11(4)17-13(18)7-6-12(8-9-15)10(2)3/h10-12H,5-9,15H2,1-4H3,(H,16,19)(H,17,18). The van der Waals surface area contributed by atoms with E-state index in [1.165, 1.54) is 0 Å². The van der Waals surface area contributed by atoms with Gasteiger partial charge in [0.2, 0.25) is 11.8 Å². The Balaban J connectivity index is 4.06. The fraction of sp³-hybridized carbons (Fsp3) is 0.857. The van der Waals surface area contributed by atoms with Gasteiger partial charge in [-0.05, 0) is 45.1 Å². The lowest BCUT2D eigenvalue weighted by atomic mass is 9.88. The molecule has 0 radical (unpaired) electrons. The van der Waals surface area contributed by atoms with Crippen LogP contribution in [0.5, 0.6) is 0 Å². The van der Waals surface area contributed by atoms with Crippen LogP contribution >= 0.6 is 0 Å². The smallest absolute Gasteiger partial charge is 0.242 e. The predicted molar refractivity (Wildman–Crippen MR) is 77.5 cm³/mol. The number of nitrogens with two attached hydrogens (primary N) is 1. The summed E-state index contributed by atoms with van der Waals surface area (Å²) in [6, 6.07) is -0.473. The molecule has 0 aromatic heterocycles. The first kappa shape index (κ1) is 17.9. The van der Waals surface area contributed by atoms with Crippen LogP contribution in [-0.2, 0) is 9.59 Å². The lowest BCUT2D eigenvalue weighted by Gasteiger charge is -2.20. The fourth-order valence-corrected chi connectivity index (χ4v) is 2.05. The van der Waals surface area contributed by atoms with Crippen LogP contribution in [0.1, 0.15) is 47.0 Å². The van der Waals surface area contributed by atoms with E-state index in [9.17, 15) is 9.59 Å². The zero-order valence-electron chi connectivity index (χ0n) is 12.7. The van der Waals surface area contributed by atoms with E-state index in [-0.39, 0.29) is 11.8 Å². The van der Waals surface area contributed by atoms with Crippen molar-refractivity contribution < 1.29 is 9.59 Å². The molecule has 0 bridgehead atoms. The second kappa shape index (κ2) is 9.78. The normalized spacial score (nSPS) is 14.0. The topological polar surface area (TPSA) is 84.2 Å². The molecule has 112 valence electrons.